The van der Waals surface area contributed by atoms with Gasteiger partial charge in [0.15, 0.2) is 5.76 Å². The van der Waals surface area contributed by atoms with Crippen LogP contribution in [0, 0.1) is 34.0 Å². The van der Waals surface area contributed by atoms with Gasteiger partial charge < -0.3 is 14.2 Å². The summed E-state index contributed by atoms with van der Waals surface area (Å²) in [4.78, 5) is 0. The molecule has 2 bridgehead atoms. The summed E-state index contributed by atoms with van der Waals surface area (Å²) < 4.78 is 18.3. The lowest BCUT2D eigenvalue weighted by atomic mass is 9.46. The van der Waals surface area contributed by atoms with E-state index in [9.17, 15) is 0 Å². The fourth-order valence-corrected chi connectivity index (χ4v) is 9.95. The third-order valence-corrected chi connectivity index (χ3v) is 11.2. The molecule has 0 aromatic rings. The molecule has 2 unspecified atom stereocenters. The second-order valence-corrected chi connectivity index (χ2v) is 11.2. The highest BCUT2D eigenvalue weighted by Gasteiger charge is 2.75. The van der Waals surface area contributed by atoms with Crippen LogP contribution in [0.5, 0.6) is 0 Å². The first-order chi connectivity index (χ1) is 14.5. The van der Waals surface area contributed by atoms with Gasteiger partial charge in [-0.05, 0) is 90.9 Å². The summed E-state index contributed by atoms with van der Waals surface area (Å²) in [5.74, 6) is 4.15. The molecule has 1 aliphatic heterocycles. The van der Waals surface area contributed by atoms with Gasteiger partial charge in [0.05, 0.1) is 13.7 Å². The minimum Gasteiger partial charge on any atom is -0.497 e. The van der Waals surface area contributed by atoms with Crippen molar-refractivity contribution in [2.24, 2.45) is 34.0 Å². The van der Waals surface area contributed by atoms with E-state index in [1.165, 1.54) is 51.4 Å². The van der Waals surface area contributed by atoms with Crippen molar-refractivity contribution in [2.75, 3.05) is 20.3 Å². The number of hydrogen-bond donors (Lipinski definition) is 0. The number of methoxy groups -OCH3 is 1. The van der Waals surface area contributed by atoms with Crippen LogP contribution in [0.15, 0.2) is 35.3 Å². The van der Waals surface area contributed by atoms with Crippen LogP contribution in [-0.4, -0.2) is 26.4 Å². The molecule has 0 amide bonds. The molecule has 7 atom stereocenters. The van der Waals surface area contributed by atoms with Crippen LogP contribution in [0.2, 0.25) is 0 Å². The Morgan fingerprint density at radius 3 is 2.83 bits per heavy atom. The fourth-order valence-electron chi connectivity index (χ4n) is 9.95. The van der Waals surface area contributed by atoms with Gasteiger partial charge in [0.1, 0.15) is 18.5 Å². The predicted molar refractivity (Wildman–Crippen MR) is 118 cm³/mol. The molecule has 0 aromatic carbocycles. The highest BCUT2D eigenvalue weighted by atomic mass is 16.6. The molecule has 30 heavy (non-hydrogen) atoms. The van der Waals surface area contributed by atoms with Gasteiger partial charge in [0.2, 0.25) is 0 Å². The van der Waals surface area contributed by atoms with E-state index in [1.807, 2.05) is 0 Å². The van der Waals surface area contributed by atoms with Gasteiger partial charge in [-0.3, -0.25) is 0 Å². The number of fused-ring (bicyclic) bond motifs is 4. The molecule has 0 N–H and O–H groups in total. The van der Waals surface area contributed by atoms with E-state index in [-0.39, 0.29) is 6.10 Å². The molecule has 1 heterocycles. The minimum atomic E-state index is 0.0138. The summed E-state index contributed by atoms with van der Waals surface area (Å²) >= 11 is 0. The Bertz CT molecular complexity index is 839. The number of ether oxygens (including phenoxy) is 3. The SMILES string of the molecule is C=C[C@@H]1CC23CC[C@@]1(CC)[C@@]2(C)CC[C@@H]1C2=C(CC[C@H]13)CC(OC)=C1OCCOC12. The van der Waals surface area contributed by atoms with Crippen molar-refractivity contribution in [2.45, 2.75) is 77.7 Å². The minimum absolute atomic E-state index is 0.0138. The van der Waals surface area contributed by atoms with Crippen LogP contribution < -0.4 is 0 Å². The van der Waals surface area contributed by atoms with Crippen LogP contribution >= 0.6 is 0 Å². The summed E-state index contributed by atoms with van der Waals surface area (Å²) in [5, 5.41) is 0. The molecule has 3 nitrogen and oxygen atoms in total. The van der Waals surface area contributed by atoms with Crippen molar-refractivity contribution in [3.63, 3.8) is 0 Å². The van der Waals surface area contributed by atoms with E-state index < -0.39 is 0 Å². The first-order valence-electron chi connectivity index (χ1n) is 12.4. The zero-order chi connectivity index (χ0) is 20.7. The zero-order valence-electron chi connectivity index (χ0n) is 19.1. The van der Waals surface area contributed by atoms with Gasteiger partial charge in [0, 0.05) is 6.42 Å². The molecule has 1 saturated heterocycles. The zero-order valence-corrected chi connectivity index (χ0v) is 19.1. The highest BCUT2D eigenvalue weighted by molar-refractivity contribution is 5.41. The molecule has 0 radical (unpaired) electrons. The summed E-state index contributed by atoms with van der Waals surface area (Å²) in [6.45, 7) is 10.8. The van der Waals surface area contributed by atoms with Gasteiger partial charge in [0.25, 0.3) is 0 Å². The summed E-state index contributed by atoms with van der Waals surface area (Å²) in [5.41, 5.74) is 4.66. The van der Waals surface area contributed by atoms with Crippen molar-refractivity contribution >= 4 is 0 Å². The van der Waals surface area contributed by atoms with Crippen LogP contribution in [0.25, 0.3) is 0 Å². The molecular formula is C27H38O3. The maximum atomic E-state index is 6.39. The third kappa shape index (κ3) is 2.02. The van der Waals surface area contributed by atoms with Crippen LogP contribution in [-0.2, 0) is 14.2 Å². The Hall–Kier alpha value is -1.22. The third-order valence-electron chi connectivity index (χ3n) is 11.2. The van der Waals surface area contributed by atoms with Gasteiger partial charge in [-0.15, -0.1) is 6.58 Å². The lowest BCUT2D eigenvalue weighted by Crippen LogP contribution is -2.52. The van der Waals surface area contributed by atoms with E-state index in [4.69, 9.17) is 14.2 Å². The Morgan fingerprint density at radius 2 is 2.07 bits per heavy atom. The van der Waals surface area contributed by atoms with Crippen molar-refractivity contribution < 1.29 is 14.2 Å². The Morgan fingerprint density at radius 1 is 1.20 bits per heavy atom. The molecule has 0 aromatic heterocycles. The van der Waals surface area contributed by atoms with Gasteiger partial charge in [-0.2, -0.15) is 0 Å². The quantitative estimate of drug-likeness (QED) is 0.521. The predicted octanol–water partition coefficient (Wildman–Crippen LogP) is 6.17. The summed E-state index contributed by atoms with van der Waals surface area (Å²) in [6.07, 6.45) is 14.1. The van der Waals surface area contributed by atoms with Gasteiger partial charge in [-0.25, -0.2) is 0 Å². The van der Waals surface area contributed by atoms with Crippen LogP contribution in [0.4, 0.5) is 0 Å². The smallest absolute Gasteiger partial charge is 0.167 e. The largest absolute Gasteiger partial charge is 0.497 e. The molecule has 5 aliphatic carbocycles. The first kappa shape index (κ1) is 19.5. The maximum absolute atomic E-state index is 6.39. The van der Waals surface area contributed by atoms with Gasteiger partial charge >= 0.3 is 0 Å². The number of hydrogen-bond acceptors (Lipinski definition) is 3. The Kier molecular flexibility index (Phi) is 4.15. The van der Waals surface area contributed by atoms with Crippen molar-refractivity contribution in [3.8, 4) is 0 Å². The molecule has 4 fully saturated rings. The topological polar surface area (TPSA) is 27.7 Å². The summed E-state index contributed by atoms with van der Waals surface area (Å²) in [6, 6.07) is 0. The molecular weight excluding hydrogens is 372 g/mol. The number of rotatable bonds is 3. The molecule has 3 saturated carbocycles. The van der Waals surface area contributed by atoms with Crippen molar-refractivity contribution in [3.05, 3.63) is 35.3 Å². The van der Waals surface area contributed by atoms with E-state index >= 15 is 0 Å². The molecule has 0 spiro atoms. The van der Waals surface area contributed by atoms with Crippen LogP contribution in [0.3, 0.4) is 0 Å². The lowest BCUT2D eigenvalue weighted by Gasteiger charge is -2.59. The Balaban J connectivity index is 1.42. The van der Waals surface area contributed by atoms with Gasteiger partial charge in [-0.1, -0.05) is 25.5 Å². The second-order valence-electron chi connectivity index (χ2n) is 11.2. The van der Waals surface area contributed by atoms with E-state index in [2.05, 4.69) is 26.5 Å². The molecule has 6 rings (SSSR count). The average Bonchev–Trinajstić information content (AvgIpc) is 3.19. The second kappa shape index (κ2) is 6.40. The molecule has 6 aliphatic rings. The first-order valence-corrected chi connectivity index (χ1v) is 12.4. The number of allylic oxidation sites excluding steroid dienone is 2. The standard InChI is InChI=1S/C27H38O3/c1-5-18-16-27-12-11-26(18,6-2)25(27,3)10-9-19-20(27)8-7-17-15-21(28-4)23-24(22(17)19)30-14-13-29-23/h5,18-20,24H,1,6-16H2,2-4H3/t18-,19+,20-,24?,25-,26-,27?/m1/s1. The van der Waals surface area contributed by atoms with E-state index in [0.29, 0.717) is 41.3 Å². The Labute approximate surface area is 181 Å². The molecule has 3 heteroatoms. The van der Waals surface area contributed by atoms with Crippen LogP contribution in [0.1, 0.15) is 71.6 Å². The highest BCUT2D eigenvalue weighted by Crippen LogP contribution is 2.83. The fraction of sp³-hybridized carbons (Fsp3) is 0.778. The monoisotopic (exact) mass is 410 g/mol. The normalized spacial score (nSPS) is 49.0. The average molecular weight is 411 g/mol. The van der Waals surface area contributed by atoms with Crippen molar-refractivity contribution in [1.82, 2.24) is 0 Å². The maximum Gasteiger partial charge on any atom is 0.167 e. The van der Waals surface area contributed by atoms with Crippen molar-refractivity contribution in [1.29, 1.82) is 0 Å². The van der Waals surface area contributed by atoms with E-state index in [0.717, 1.165) is 23.9 Å². The lowest BCUT2D eigenvalue weighted by molar-refractivity contribution is -0.0865. The van der Waals surface area contributed by atoms with E-state index in [1.54, 1.807) is 18.3 Å². The molecule has 164 valence electrons. The summed E-state index contributed by atoms with van der Waals surface area (Å²) in [7, 11) is 1.79.